The highest BCUT2D eigenvalue weighted by atomic mass is 16.5. The highest BCUT2D eigenvalue weighted by molar-refractivity contribution is 5.98. The average Bonchev–Trinajstić information content (AvgIpc) is 2.66. The number of anilines is 1. The Bertz CT molecular complexity index is 1190. The van der Waals surface area contributed by atoms with Gasteiger partial charge in [0.05, 0.1) is 25.2 Å². The number of nitrogen functional groups attached to an aromatic ring is 1. The maximum Gasteiger partial charge on any atom is 0.202 e. The lowest BCUT2D eigenvalue weighted by Crippen LogP contribution is -2.09. The van der Waals surface area contributed by atoms with Gasteiger partial charge in [-0.25, -0.2) is 0 Å². The van der Waals surface area contributed by atoms with Crippen molar-refractivity contribution in [1.82, 2.24) is 0 Å². The standard InChI is InChI=1S/C21H17NO4/c1-24-16-8-7-14(11-18(16)25-2)19-20(23)15-9-12-5-3-4-6-13(12)10-17(15)26-21(19)22/h3-11H,22H2,1-2H3. The number of hydrogen-bond donors (Lipinski definition) is 1. The van der Waals surface area contributed by atoms with Crippen molar-refractivity contribution in [2.45, 2.75) is 0 Å². The lowest BCUT2D eigenvalue weighted by Gasteiger charge is -2.11. The van der Waals surface area contributed by atoms with Gasteiger partial charge in [0.15, 0.2) is 11.5 Å². The van der Waals surface area contributed by atoms with Crippen LogP contribution in [0.1, 0.15) is 0 Å². The van der Waals surface area contributed by atoms with Crippen LogP contribution in [0.4, 0.5) is 5.88 Å². The summed E-state index contributed by atoms with van der Waals surface area (Å²) in [5.74, 6) is 1.17. The molecule has 5 heteroatoms. The zero-order valence-corrected chi connectivity index (χ0v) is 14.4. The Morgan fingerprint density at radius 3 is 2.27 bits per heavy atom. The number of benzene rings is 3. The first-order valence-electron chi connectivity index (χ1n) is 8.10. The fraction of sp³-hybridized carbons (Fsp3) is 0.0952. The van der Waals surface area contributed by atoms with E-state index in [0.717, 1.165) is 10.8 Å². The zero-order chi connectivity index (χ0) is 18.3. The second-order valence-corrected chi connectivity index (χ2v) is 5.94. The molecule has 2 N–H and O–H groups in total. The molecule has 4 aromatic rings. The molecule has 0 aliphatic heterocycles. The van der Waals surface area contributed by atoms with Crippen LogP contribution in [0.2, 0.25) is 0 Å². The lowest BCUT2D eigenvalue weighted by molar-refractivity contribution is 0.355. The average molecular weight is 347 g/mol. The van der Waals surface area contributed by atoms with Gasteiger partial charge in [0.1, 0.15) is 5.58 Å². The van der Waals surface area contributed by atoms with E-state index in [2.05, 4.69) is 0 Å². The first-order valence-corrected chi connectivity index (χ1v) is 8.10. The van der Waals surface area contributed by atoms with E-state index in [4.69, 9.17) is 19.6 Å². The molecule has 1 aromatic heterocycles. The van der Waals surface area contributed by atoms with Crippen molar-refractivity contribution in [2.24, 2.45) is 0 Å². The largest absolute Gasteiger partial charge is 0.493 e. The maximum atomic E-state index is 13.1. The molecule has 0 fully saturated rings. The van der Waals surface area contributed by atoms with Crippen LogP contribution in [-0.2, 0) is 0 Å². The van der Waals surface area contributed by atoms with Crippen molar-refractivity contribution in [1.29, 1.82) is 0 Å². The number of methoxy groups -OCH3 is 2. The molecular weight excluding hydrogens is 330 g/mol. The zero-order valence-electron chi connectivity index (χ0n) is 14.4. The van der Waals surface area contributed by atoms with E-state index in [1.807, 2.05) is 36.4 Å². The molecule has 5 nitrogen and oxygen atoms in total. The summed E-state index contributed by atoms with van der Waals surface area (Å²) in [5, 5.41) is 2.44. The predicted molar refractivity (Wildman–Crippen MR) is 103 cm³/mol. The summed E-state index contributed by atoms with van der Waals surface area (Å²) in [6, 6.07) is 16.7. The highest BCUT2D eigenvalue weighted by Crippen LogP contribution is 2.34. The van der Waals surface area contributed by atoms with Gasteiger partial charge in [-0.05, 0) is 40.6 Å². The molecule has 4 rings (SSSR count). The van der Waals surface area contributed by atoms with Crippen LogP contribution in [0.25, 0.3) is 32.9 Å². The van der Waals surface area contributed by atoms with Gasteiger partial charge in [-0.2, -0.15) is 0 Å². The third-order valence-corrected chi connectivity index (χ3v) is 4.46. The molecule has 0 aliphatic carbocycles. The molecule has 0 atom stereocenters. The van der Waals surface area contributed by atoms with Gasteiger partial charge in [-0.1, -0.05) is 30.3 Å². The third kappa shape index (κ3) is 2.45. The van der Waals surface area contributed by atoms with Crippen molar-refractivity contribution in [3.05, 3.63) is 64.8 Å². The Hall–Kier alpha value is -3.47. The molecule has 0 amide bonds. The Morgan fingerprint density at radius 1 is 0.885 bits per heavy atom. The van der Waals surface area contributed by atoms with Crippen molar-refractivity contribution in [3.8, 4) is 22.6 Å². The molecule has 130 valence electrons. The molecule has 26 heavy (non-hydrogen) atoms. The molecule has 3 aromatic carbocycles. The van der Waals surface area contributed by atoms with E-state index in [1.165, 1.54) is 0 Å². The fourth-order valence-corrected chi connectivity index (χ4v) is 3.16. The maximum absolute atomic E-state index is 13.1. The van der Waals surface area contributed by atoms with Crippen LogP contribution in [0.3, 0.4) is 0 Å². The van der Waals surface area contributed by atoms with E-state index in [-0.39, 0.29) is 11.3 Å². The predicted octanol–water partition coefficient (Wildman–Crippen LogP) is 4.21. The summed E-state index contributed by atoms with van der Waals surface area (Å²) in [7, 11) is 3.10. The van der Waals surface area contributed by atoms with E-state index >= 15 is 0 Å². The smallest absolute Gasteiger partial charge is 0.202 e. The molecular formula is C21H17NO4. The Balaban J connectivity index is 2.01. The minimum Gasteiger partial charge on any atom is -0.493 e. The van der Waals surface area contributed by atoms with Crippen molar-refractivity contribution in [3.63, 3.8) is 0 Å². The molecule has 0 radical (unpaired) electrons. The molecule has 0 unspecified atom stereocenters. The van der Waals surface area contributed by atoms with E-state index in [0.29, 0.717) is 33.6 Å². The third-order valence-electron chi connectivity index (χ3n) is 4.46. The highest BCUT2D eigenvalue weighted by Gasteiger charge is 2.17. The Morgan fingerprint density at radius 2 is 1.58 bits per heavy atom. The minimum absolute atomic E-state index is 0.0741. The molecule has 0 saturated carbocycles. The van der Waals surface area contributed by atoms with E-state index in [1.54, 1.807) is 32.4 Å². The number of rotatable bonds is 3. The molecule has 0 spiro atoms. The summed E-state index contributed by atoms with van der Waals surface area (Å²) in [5.41, 5.74) is 7.30. The SMILES string of the molecule is COc1ccc(-c2c(N)oc3cc4ccccc4cc3c2=O)cc1OC. The van der Waals surface area contributed by atoms with Crippen LogP contribution in [0.5, 0.6) is 11.5 Å². The summed E-state index contributed by atoms with van der Waals surface area (Å²) in [4.78, 5) is 13.1. The monoisotopic (exact) mass is 347 g/mol. The Kier molecular flexibility index (Phi) is 3.77. The van der Waals surface area contributed by atoms with Crippen LogP contribution in [0.15, 0.2) is 63.8 Å². The number of hydrogen-bond acceptors (Lipinski definition) is 5. The van der Waals surface area contributed by atoms with Crippen LogP contribution >= 0.6 is 0 Å². The summed E-state index contributed by atoms with van der Waals surface area (Å²) >= 11 is 0. The van der Waals surface area contributed by atoms with Crippen LogP contribution in [0, 0.1) is 0 Å². The molecule has 0 bridgehead atoms. The minimum atomic E-state index is -0.179. The fourth-order valence-electron chi connectivity index (χ4n) is 3.16. The van der Waals surface area contributed by atoms with E-state index in [9.17, 15) is 4.79 Å². The first-order chi connectivity index (χ1) is 12.6. The molecule has 0 aliphatic rings. The van der Waals surface area contributed by atoms with Crippen molar-refractivity contribution >= 4 is 27.6 Å². The summed E-state index contributed by atoms with van der Waals surface area (Å²) in [6.45, 7) is 0. The normalized spacial score (nSPS) is 11.0. The van der Waals surface area contributed by atoms with Crippen LogP contribution in [-0.4, -0.2) is 14.2 Å². The second-order valence-electron chi connectivity index (χ2n) is 5.94. The van der Waals surface area contributed by atoms with Gasteiger partial charge in [-0.3, -0.25) is 4.79 Å². The number of fused-ring (bicyclic) bond motifs is 2. The van der Waals surface area contributed by atoms with Gasteiger partial charge >= 0.3 is 0 Å². The van der Waals surface area contributed by atoms with Crippen molar-refractivity contribution in [2.75, 3.05) is 20.0 Å². The van der Waals surface area contributed by atoms with Gasteiger partial charge in [0, 0.05) is 0 Å². The van der Waals surface area contributed by atoms with Crippen LogP contribution < -0.4 is 20.6 Å². The van der Waals surface area contributed by atoms with Gasteiger partial charge < -0.3 is 19.6 Å². The summed E-state index contributed by atoms with van der Waals surface area (Å²) in [6.07, 6.45) is 0. The van der Waals surface area contributed by atoms with E-state index < -0.39 is 0 Å². The summed E-state index contributed by atoms with van der Waals surface area (Å²) < 4.78 is 16.3. The van der Waals surface area contributed by atoms with Crippen molar-refractivity contribution < 1.29 is 13.9 Å². The first kappa shape index (κ1) is 16.0. The van der Waals surface area contributed by atoms with Gasteiger partial charge in [0.2, 0.25) is 11.3 Å². The quantitative estimate of drug-likeness (QED) is 0.562. The number of nitrogens with two attached hydrogens (primary N) is 1. The lowest BCUT2D eigenvalue weighted by atomic mass is 10.0. The topological polar surface area (TPSA) is 74.7 Å². The Labute approximate surface area is 149 Å². The molecule has 1 heterocycles. The van der Waals surface area contributed by atoms with Gasteiger partial charge in [-0.15, -0.1) is 0 Å². The second kappa shape index (κ2) is 6.11. The van der Waals surface area contributed by atoms with Gasteiger partial charge in [0.25, 0.3) is 0 Å². The molecule has 0 saturated heterocycles. The number of ether oxygens (including phenoxy) is 2.